The predicted octanol–water partition coefficient (Wildman–Crippen LogP) is 4.18. The lowest BCUT2D eigenvalue weighted by Crippen LogP contribution is -2.54. The quantitative estimate of drug-likeness (QED) is 0.243. The highest BCUT2D eigenvalue weighted by Crippen LogP contribution is 2.40. The monoisotopic (exact) mass is 662 g/mol. The summed E-state index contributed by atoms with van der Waals surface area (Å²) >= 11 is 0. The number of rotatable bonds is 6. The molecule has 4 aromatic rings. The molecule has 2 aromatic heterocycles. The second-order valence-corrected chi connectivity index (χ2v) is 12.4. The first-order valence-corrected chi connectivity index (χ1v) is 15.3. The van der Waals surface area contributed by atoms with Gasteiger partial charge in [-0.2, -0.15) is 18.2 Å². The zero-order valence-electron chi connectivity index (χ0n) is 24.7. The van der Waals surface area contributed by atoms with Gasteiger partial charge >= 0.3 is 11.9 Å². The molecule has 1 amide bonds. The summed E-state index contributed by atoms with van der Waals surface area (Å²) in [5.41, 5.74) is -5.32. The predicted molar refractivity (Wildman–Crippen MR) is 160 cm³/mol. The van der Waals surface area contributed by atoms with Crippen LogP contribution in [-0.4, -0.2) is 66.5 Å². The maximum absolute atomic E-state index is 15.9. The van der Waals surface area contributed by atoms with Gasteiger partial charge in [0.2, 0.25) is 15.9 Å². The van der Waals surface area contributed by atoms with Crippen molar-refractivity contribution < 1.29 is 35.2 Å². The van der Waals surface area contributed by atoms with Crippen LogP contribution in [0.3, 0.4) is 0 Å². The average Bonchev–Trinajstić information content (AvgIpc) is 3.00. The van der Waals surface area contributed by atoms with Gasteiger partial charge in [-0.25, -0.2) is 36.3 Å². The largest absolute Gasteiger partial charge is 0.417 e. The Kier molecular flexibility index (Phi) is 8.46. The molecule has 5 rings (SSSR count). The molecule has 3 heterocycles. The first-order valence-electron chi connectivity index (χ1n) is 13.8. The number of aryl methyl sites for hydroxylation is 1. The smallest absolute Gasteiger partial charge is 0.350 e. The highest BCUT2D eigenvalue weighted by molar-refractivity contribution is 7.89. The Morgan fingerprint density at radius 3 is 2.41 bits per heavy atom. The second-order valence-electron chi connectivity index (χ2n) is 10.6. The minimum atomic E-state index is -5.11. The number of piperazine rings is 1. The number of nitrogens with one attached hydrogen (secondary N) is 1. The van der Waals surface area contributed by atoms with Crippen LogP contribution in [0.1, 0.15) is 18.1 Å². The van der Waals surface area contributed by atoms with Gasteiger partial charge in [-0.3, -0.25) is 4.79 Å². The zero-order chi connectivity index (χ0) is 33.7. The lowest BCUT2D eigenvalue weighted by Gasteiger charge is -2.40. The molecule has 0 spiro atoms. The summed E-state index contributed by atoms with van der Waals surface area (Å²) in [6.07, 6.45) is -3.96. The summed E-state index contributed by atoms with van der Waals surface area (Å²) in [7, 11) is -3.11. The topological polar surface area (TPSA) is 118 Å². The van der Waals surface area contributed by atoms with Crippen LogP contribution < -0.4 is 15.3 Å². The molecule has 1 aliphatic heterocycles. The highest BCUT2D eigenvalue weighted by Gasteiger charge is 2.37. The number of aromatic nitrogens is 3. The van der Waals surface area contributed by atoms with Gasteiger partial charge in [0.25, 0.3) is 0 Å². The van der Waals surface area contributed by atoms with Crippen LogP contribution in [0.25, 0.3) is 28.0 Å². The van der Waals surface area contributed by atoms with Crippen LogP contribution in [0.2, 0.25) is 0 Å². The van der Waals surface area contributed by atoms with Crippen molar-refractivity contribution in [3.63, 3.8) is 0 Å². The van der Waals surface area contributed by atoms with Gasteiger partial charge in [-0.15, -0.1) is 0 Å². The van der Waals surface area contributed by atoms with Crippen LogP contribution in [0.15, 0.2) is 64.8 Å². The summed E-state index contributed by atoms with van der Waals surface area (Å²) in [6.45, 7) is 7.13. The Hall–Kier alpha value is -4.70. The summed E-state index contributed by atoms with van der Waals surface area (Å²) in [6, 6.07) is 6.49. The van der Waals surface area contributed by atoms with E-state index < -0.39 is 66.9 Å². The molecule has 0 radical (unpaired) electrons. The lowest BCUT2D eigenvalue weighted by molar-refractivity contribution is -0.137. The molecule has 0 aliphatic carbocycles. The molecule has 1 aliphatic rings. The molecule has 0 unspecified atom stereocenters. The highest BCUT2D eigenvalue weighted by atomic mass is 32.2. The van der Waals surface area contributed by atoms with E-state index in [1.165, 1.54) is 30.0 Å². The molecule has 1 fully saturated rings. The van der Waals surface area contributed by atoms with E-state index >= 15 is 8.78 Å². The third-order valence-corrected chi connectivity index (χ3v) is 9.17. The molecule has 2 aromatic carbocycles. The second kappa shape index (κ2) is 11.9. The number of halogens is 5. The molecule has 46 heavy (non-hydrogen) atoms. The zero-order valence-corrected chi connectivity index (χ0v) is 25.5. The fourth-order valence-corrected chi connectivity index (χ4v) is 6.53. The number of nitrogens with zero attached hydrogens (tertiary/aromatic N) is 5. The number of benzene rings is 2. The number of sulfonamides is 1. The van der Waals surface area contributed by atoms with Crippen LogP contribution >= 0.6 is 0 Å². The van der Waals surface area contributed by atoms with Crippen molar-refractivity contribution in [2.24, 2.45) is 0 Å². The van der Waals surface area contributed by atoms with Crippen molar-refractivity contribution in [2.75, 3.05) is 31.6 Å². The standard InChI is InChI=1S/C30H27F5N6O4S/c1-5-23(42)39-12-13-40(17(3)15-39)27-18-14-21(32)25(24-19(30(33,34)35)9-7-10-20(24)31)37-28(18)41(29(43)38-27)26-16(2)8-6-11-22(26)46(44,45)36-4/h5-11,14,17,36H,1,12-13,15H2,2-4H3/t17-/m0/s1. The molecule has 10 nitrogen and oxygen atoms in total. The summed E-state index contributed by atoms with van der Waals surface area (Å²) in [5.74, 6) is -3.21. The third kappa shape index (κ3) is 5.62. The molecule has 1 atom stereocenters. The fraction of sp³-hybridized carbons (Fsp3) is 0.267. The maximum atomic E-state index is 15.9. The number of anilines is 1. The van der Waals surface area contributed by atoms with Crippen molar-refractivity contribution in [3.05, 3.63) is 88.4 Å². The number of pyridine rings is 1. The van der Waals surface area contributed by atoms with Gasteiger partial charge < -0.3 is 9.80 Å². The Labute approximate surface area is 259 Å². The van der Waals surface area contributed by atoms with E-state index in [0.29, 0.717) is 12.1 Å². The molecule has 1 N–H and O–H groups in total. The van der Waals surface area contributed by atoms with E-state index in [9.17, 15) is 31.2 Å². The van der Waals surface area contributed by atoms with Gasteiger partial charge in [0, 0.05) is 25.7 Å². The fourth-order valence-electron chi connectivity index (χ4n) is 5.55. The van der Waals surface area contributed by atoms with E-state index in [4.69, 9.17) is 0 Å². The van der Waals surface area contributed by atoms with E-state index in [0.717, 1.165) is 29.8 Å². The number of hydrogen-bond donors (Lipinski definition) is 1. The summed E-state index contributed by atoms with van der Waals surface area (Å²) < 4.78 is 102. The van der Waals surface area contributed by atoms with Crippen LogP contribution in [0.5, 0.6) is 0 Å². The average molecular weight is 663 g/mol. The van der Waals surface area contributed by atoms with Crippen LogP contribution in [-0.2, 0) is 21.0 Å². The number of hydrogen-bond acceptors (Lipinski definition) is 7. The molecule has 242 valence electrons. The van der Waals surface area contributed by atoms with Gasteiger partial charge in [0.1, 0.15) is 22.2 Å². The van der Waals surface area contributed by atoms with E-state index in [-0.39, 0.29) is 48.0 Å². The number of fused-ring (bicyclic) bond motifs is 1. The molecular weight excluding hydrogens is 635 g/mol. The van der Waals surface area contributed by atoms with Crippen molar-refractivity contribution in [3.8, 4) is 16.9 Å². The van der Waals surface area contributed by atoms with E-state index in [1.807, 2.05) is 0 Å². The lowest BCUT2D eigenvalue weighted by atomic mass is 10.0. The van der Waals surface area contributed by atoms with Gasteiger partial charge in [0.15, 0.2) is 11.5 Å². The van der Waals surface area contributed by atoms with E-state index in [2.05, 4.69) is 21.3 Å². The number of carbonyl (C=O) groups excluding carboxylic acids is 1. The number of para-hydroxylation sites is 1. The van der Waals surface area contributed by atoms with Gasteiger partial charge in [0.05, 0.1) is 22.2 Å². The first-order chi connectivity index (χ1) is 21.6. The molecular formula is C30H27F5N6O4S. The molecule has 0 bridgehead atoms. The third-order valence-electron chi connectivity index (χ3n) is 7.73. The molecule has 0 saturated carbocycles. The van der Waals surface area contributed by atoms with E-state index in [1.54, 1.807) is 11.8 Å². The first kappa shape index (κ1) is 32.7. The Morgan fingerprint density at radius 1 is 1.09 bits per heavy atom. The van der Waals surface area contributed by atoms with Gasteiger partial charge in [-0.1, -0.05) is 24.8 Å². The summed E-state index contributed by atoms with van der Waals surface area (Å²) in [5, 5.41) is -0.169. The Morgan fingerprint density at radius 2 is 1.78 bits per heavy atom. The van der Waals surface area contributed by atoms with Crippen molar-refractivity contribution in [2.45, 2.75) is 31.0 Å². The van der Waals surface area contributed by atoms with Crippen LogP contribution in [0, 0.1) is 18.6 Å². The Balaban J connectivity index is 1.90. The van der Waals surface area contributed by atoms with Crippen molar-refractivity contribution >= 4 is 32.8 Å². The minimum Gasteiger partial charge on any atom is -0.350 e. The van der Waals surface area contributed by atoms with Crippen molar-refractivity contribution in [1.29, 1.82) is 0 Å². The number of alkyl halides is 3. The maximum Gasteiger partial charge on any atom is 0.417 e. The molecule has 1 saturated heterocycles. The number of amides is 1. The normalized spacial score (nSPS) is 15.8. The van der Waals surface area contributed by atoms with Crippen molar-refractivity contribution in [1.82, 2.24) is 24.2 Å². The SMILES string of the molecule is C=CC(=O)N1CCN(c2nc(=O)n(-c3c(C)cccc3S(=O)(=O)NC)c3nc(-c4c(F)cccc4C(F)(F)F)c(F)cc23)[C@@H](C)C1. The number of carbonyl (C=O) groups is 1. The van der Waals surface area contributed by atoms with Gasteiger partial charge in [-0.05, 0) is 56.8 Å². The molecule has 16 heteroatoms. The Bertz CT molecular complexity index is 2070. The van der Waals surface area contributed by atoms with Crippen LogP contribution in [0.4, 0.5) is 27.8 Å². The summed E-state index contributed by atoms with van der Waals surface area (Å²) in [4.78, 5) is 37.2. The minimum absolute atomic E-state index is 0.108.